The lowest BCUT2D eigenvalue weighted by atomic mass is 10.3. The molecule has 20 heavy (non-hydrogen) atoms. The molecule has 5 heteroatoms. The molecule has 102 valence electrons. The Hall–Kier alpha value is -2.56. The van der Waals surface area contributed by atoms with Crippen molar-refractivity contribution in [2.75, 3.05) is 12.4 Å². The molecule has 0 aliphatic carbocycles. The van der Waals surface area contributed by atoms with Crippen molar-refractivity contribution in [2.24, 2.45) is 0 Å². The van der Waals surface area contributed by atoms with Gasteiger partial charge in [0.2, 0.25) is 0 Å². The number of pyridine rings is 1. The number of aromatic nitrogens is 2. The molecular weight excluding hydrogens is 257 g/mol. The Morgan fingerprint density at radius 3 is 3.00 bits per heavy atom. The van der Waals surface area contributed by atoms with Crippen LogP contribution in [0.15, 0.2) is 48.8 Å². The van der Waals surface area contributed by atoms with Gasteiger partial charge in [0.15, 0.2) is 11.6 Å². The Labute approximate surface area is 115 Å². The van der Waals surface area contributed by atoms with Crippen molar-refractivity contribution in [3.05, 3.63) is 60.3 Å². The zero-order valence-electron chi connectivity index (χ0n) is 11.0. The third-order valence-electron chi connectivity index (χ3n) is 3.04. The summed E-state index contributed by atoms with van der Waals surface area (Å²) >= 11 is 0. The van der Waals surface area contributed by atoms with Crippen LogP contribution >= 0.6 is 0 Å². The number of ether oxygens (including phenoxy) is 1. The number of imidazole rings is 1. The van der Waals surface area contributed by atoms with Gasteiger partial charge in [-0.15, -0.1) is 0 Å². The summed E-state index contributed by atoms with van der Waals surface area (Å²) in [5.41, 5.74) is 2.61. The lowest BCUT2D eigenvalue weighted by Crippen LogP contribution is -2.00. The van der Waals surface area contributed by atoms with E-state index in [4.69, 9.17) is 4.74 Å². The van der Waals surface area contributed by atoms with E-state index in [1.54, 1.807) is 12.1 Å². The summed E-state index contributed by atoms with van der Waals surface area (Å²) in [6, 6.07) is 10.5. The van der Waals surface area contributed by atoms with E-state index in [1.165, 1.54) is 13.2 Å². The number of fused-ring (bicyclic) bond motifs is 1. The number of hydrogen-bond acceptors (Lipinski definition) is 3. The normalized spacial score (nSPS) is 10.7. The van der Waals surface area contributed by atoms with Crippen LogP contribution in [0.3, 0.4) is 0 Å². The third kappa shape index (κ3) is 2.42. The van der Waals surface area contributed by atoms with Crippen LogP contribution < -0.4 is 10.1 Å². The second-order valence-electron chi connectivity index (χ2n) is 4.40. The summed E-state index contributed by atoms with van der Waals surface area (Å²) in [5, 5.41) is 3.20. The van der Waals surface area contributed by atoms with Gasteiger partial charge in [0.1, 0.15) is 5.65 Å². The molecule has 0 atom stereocenters. The Morgan fingerprint density at radius 1 is 1.30 bits per heavy atom. The molecule has 0 spiro atoms. The summed E-state index contributed by atoms with van der Waals surface area (Å²) in [6.45, 7) is 0.566. The highest BCUT2D eigenvalue weighted by Crippen LogP contribution is 2.21. The van der Waals surface area contributed by atoms with Crippen LogP contribution in [0.25, 0.3) is 5.65 Å². The van der Waals surface area contributed by atoms with Crippen LogP contribution in [-0.4, -0.2) is 16.5 Å². The molecular formula is C15H14FN3O. The van der Waals surface area contributed by atoms with E-state index in [0.717, 1.165) is 17.0 Å². The molecule has 0 bridgehead atoms. The highest BCUT2D eigenvalue weighted by molar-refractivity contribution is 5.49. The maximum absolute atomic E-state index is 13.3. The molecule has 0 aliphatic heterocycles. The monoisotopic (exact) mass is 271 g/mol. The highest BCUT2D eigenvalue weighted by Gasteiger charge is 2.04. The van der Waals surface area contributed by atoms with Gasteiger partial charge in [-0.25, -0.2) is 9.37 Å². The minimum absolute atomic E-state index is 0.227. The van der Waals surface area contributed by atoms with Gasteiger partial charge in [0.05, 0.1) is 19.3 Å². The fourth-order valence-electron chi connectivity index (χ4n) is 2.03. The van der Waals surface area contributed by atoms with Crippen molar-refractivity contribution in [1.82, 2.24) is 9.38 Å². The minimum atomic E-state index is -0.370. The van der Waals surface area contributed by atoms with Crippen LogP contribution in [-0.2, 0) is 6.54 Å². The number of hydrogen-bond donors (Lipinski definition) is 1. The molecule has 0 fully saturated rings. The van der Waals surface area contributed by atoms with Crippen LogP contribution in [0.1, 0.15) is 5.69 Å². The smallest absolute Gasteiger partial charge is 0.165 e. The molecule has 0 amide bonds. The third-order valence-corrected chi connectivity index (χ3v) is 3.04. The van der Waals surface area contributed by atoms with Crippen molar-refractivity contribution < 1.29 is 9.13 Å². The number of benzene rings is 1. The predicted molar refractivity (Wildman–Crippen MR) is 75.5 cm³/mol. The molecule has 2 heterocycles. The maximum Gasteiger partial charge on any atom is 0.165 e. The summed E-state index contributed by atoms with van der Waals surface area (Å²) in [4.78, 5) is 4.48. The summed E-state index contributed by atoms with van der Waals surface area (Å²) in [7, 11) is 1.45. The van der Waals surface area contributed by atoms with Crippen LogP contribution in [0.2, 0.25) is 0 Å². The number of halogens is 1. The molecule has 0 radical (unpaired) electrons. The molecule has 2 aromatic heterocycles. The van der Waals surface area contributed by atoms with Gasteiger partial charge in [-0.1, -0.05) is 6.07 Å². The van der Waals surface area contributed by atoms with Gasteiger partial charge in [0, 0.05) is 24.1 Å². The fourth-order valence-corrected chi connectivity index (χ4v) is 2.03. The molecule has 4 nitrogen and oxygen atoms in total. The van der Waals surface area contributed by atoms with Crippen molar-refractivity contribution >= 4 is 11.3 Å². The second kappa shape index (κ2) is 5.21. The zero-order chi connectivity index (χ0) is 13.9. The molecule has 0 saturated heterocycles. The van der Waals surface area contributed by atoms with E-state index in [9.17, 15) is 4.39 Å². The lowest BCUT2D eigenvalue weighted by Gasteiger charge is -2.07. The Bertz CT molecular complexity index is 706. The number of rotatable bonds is 4. The van der Waals surface area contributed by atoms with Crippen molar-refractivity contribution in [1.29, 1.82) is 0 Å². The summed E-state index contributed by atoms with van der Waals surface area (Å²) < 4.78 is 20.2. The Morgan fingerprint density at radius 2 is 2.20 bits per heavy atom. The summed E-state index contributed by atoms with van der Waals surface area (Å²) in [6.07, 6.45) is 3.91. The first-order valence-electron chi connectivity index (χ1n) is 6.26. The van der Waals surface area contributed by atoms with E-state index in [1.807, 2.05) is 35.0 Å². The van der Waals surface area contributed by atoms with Crippen LogP contribution in [0, 0.1) is 5.82 Å². The first kappa shape index (κ1) is 12.5. The van der Waals surface area contributed by atoms with E-state index in [0.29, 0.717) is 6.54 Å². The maximum atomic E-state index is 13.3. The number of nitrogens with zero attached hydrogens (tertiary/aromatic N) is 2. The molecule has 1 N–H and O–H groups in total. The largest absolute Gasteiger partial charge is 0.494 e. The van der Waals surface area contributed by atoms with Gasteiger partial charge >= 0.3 is 0 Å². The molecule has 0 aliphatic rings. The van der Waals surface area contributed by atoms with Crippen LogP contribution in [0.5, 0.6) is 5.75 Å². The van der Waals surface area contributed by atoms with Gasteiger partial charge in [-0.3, -0.25) is 0 Å². The summed E-state index contributed by atoms with van der Waals surface area (Å²) in [5.74, 6) is -0.143. The predicted octanol–water partition coefficient (Wildman–Crippen LogP) is 3.09. The average molecular weight is 271 g/mol. The lowest BCUT2D eigenvalue weighted by molar-refractivity contribution is 0.387. The molecule has 0 saturated carbocycles. The van der Waals surface area contributed by atoms with Gasteiger partial charge in [0.25, 0.3) is 0 Å². The number of anilines is 1. The fraction of sp³-hybridized carbons (Fsp3) is 0.133. The van der Waals surface area contributed by atoms with E-state index < -0.39 is 0 Å². The zero-order valence-corrected chi connectivity index (χ0v) is 11.0. The van der Waals surface area contributed by atoms with Crippen LogP contribution in [0.4, 0.5) is 10.1 Å². The highest BCUT2D eigenvalue weighted by atomic mass is 19.1. The molecule has 3 rings (SSSR count). The van der Waals surface area contributed by atoms with E-state index >= 15 is 0 Å². The number of nitrogens with one attached hydrogen (secondary N) is 1. The van der Waals surface area contributed by atoms with E-state index in [-0.39, 0.29) is 11.6 Å². The van der Waals surface area contributed by atoms with Crippen molar-refractivity contribution in [3.8, 4) is 5.75 Å². The first-order valence-corrected chi connectivity index (χ1v) is 6.26. The topological polar surface area (TPSA) is 38.6 Å². The Kier molecular flexibility index (Phi) is 3.25. The molecule has 0 unspecified atom stereocenters. The van der Waals surface area contributed by atoms with Gasteiger partial charge < -0.3 is 14.5 Å². The molecule has 3 aromatic rings. The Balaban J connectivity index is 1.75. The average Bonchev–Trinajstić information content (AvgIpc) is 2.89. The molecule has 1 aromatic carbocycles. The second-order valence-corrected chi connectivity index (χ2v) is 4.40. The minimum Gasteiger partial charge on any atom is -0.494 e. The standard InChI is InChI=1S/C15H14FN3O/c1-20-14-8-11(5-6-13(14)16)17-9-12-10-19-7-3-2-4-15(19)18-12/h2-8,10,17H,9H2,1H3. The van der Waals surface area contributed by atoms with Crippen molar-refractivity contribution in [3.63, 3.8) is 0 Å². The SMILES string of the molecule is COc1cc(NCc2cn3ccccc3n2)ccc1F. The van der Waals surface area contributed by atoms with Gasteiger partial charge in [-0.05, 0) is 24.3 Å². The quantitative estimate of drug-likeness (QED) is 0.792. The van der Waals surface area contributed by atoms with Gasteiger partial charge in [-0.2, -0.15) is 0 Å². The van der Waals surface area contributed by atoms with Crippen molar-refractivity contribution in [2.45, 2.75) is 6.54 Å². The van der Waals surface area contributed by atoms with E-state index in [2.05, 4.69) is 10.3 Å². The number of methoxy groups -OCH3 is 1. The first-order chi connectivity index (χ1) is 9.76.